The number of hydrogen-bond acceptors (Lipinski definition) is 5. The quantitative estimate of drug-likeness (QED) is 0.548. The molecule has 7 heteroatoms. The first kappa shape index (κ1) is 16.8. The number of halogens is 1. The van der Waals surface area contributed by atoms with Gasteiger partial charge in [-0.1, -0.05) is 0 Å². The molecular formula is C21H19FN6. The van der Waals surface area contributed by atoms with E-state index >= 15 is 0 Å². The topological polar surface area (TPSA) is 59.2 Å². The minimum absolute atomic E-state index is 0.248. The van der Waals surface area contributed by atoms with E-state index in [1.54, 1.807) is 24.5 Å². The molecule has 1 fully saturated rings. The lowest BCUT2D eigenvalue weighted by atomic mass is 10.0. The first-order chi connectivity index (χ1) is 13.7. The average molecular weight is 374 g/mol. The van der Waals surface area contributed by atoms with E-state index in [2.05, 4.69) is 35.3 Å². The van der Waals surface area contributed by atoms with Gasteiger partial charge in [0.25, 0.3) is 0 Å². The Balaban J connectivity index is 1.53. The molecule has 0 unspecified atom stereocenters. The second-order valence-corrected chi connectivity index (χ2v) is 7.05. The summed E-state index contributed by atoms with van der Waals surface area (Å²) in [6, 6.07) is 10.5. The highest BCUT2D eigenvalue weighted by atomic mass is 19.1. The molecule has 0 spiro atoms. The van der Waals surface area contributed by atoms with E-state index in [9.17, 15) is 4.39 Å². The molecule has 6 nitrogen and oxygen atoms in total. The molecule has 1 aromatic carbocycles. The fourth-order valence-electron chi connectivity index (χ4n) is 3.92. The van der Waals surface area contributed by atoms with Crippen LogP contribution in [0.25, 0.3) is 17.0 Å². The van der Waals surface area contributed by atoms with Crippen molar-refractivity contribution in [2.75, 3.05) is 18.0 Å². The molecule has 4 aromatic rings. The Morgan fingerprint density at radius 2 is 1.82 bits per heavy atom. The molecule has 3 aromatic heterocycles. The molecule has 1 aliphatic heterocycles. The molecule has 5 rings (SSSR count). The number of anilines is 1. The Kier molecular flexibility index (Phi) is 4.00. The van der Waals surface area contributed by atoms with Crippen LogP contribution in [0.2, 0.25) is 0 Å². The van der Waals surface area contributed by atoms with E-state index in [0.717, 1.165) is 48.1 Å². The van der Waals surface area contributed by atoms with Gasteiger partial charge in [-0.3, -0.25) is 4.40 Å². The van der Waals surface area contributed by atoms with Gasteiger partial charge in [-0.05, 0) is 49.7 Å². The summed E-state index contributed by atoms with van der Waals surface area (Å²) in [6.45, 7) is 3.71. The summed E-state index contributed by atoms with van der Waals surface area (Å²) in [5.74, 6) is 2.48. The molecule has 140 valence electrons. The second-order valence-electron chi connectivity index (χ2n) is 7.05. The first-order valence-corrected chi connectivity index (χ1v) is 9.32. The van der Waals surface area contributed by atoms with Crippen LogP contribution < -0.4 is 4.90 Å². The Hall–Kier alpha value is -3.35. The summed E-state index contributed by atoms with van der Waals surface area (Å²) >= 11 is 0. The molecule has 0 N–H and O–H groups in total. The molecule has 0 saturated carbocycles. The van der Waals surface area contributed by atoms with Gasteiger partial charge in [-0.25, -0.2) is 24.3 Å². The van der Waals surface area contributed by atoms with Crippen molar-refractivity contribution in [2.24, 2.45) is 0 Å². The molecule has 0 aliphatic carbocycles. The Labute approximate surface area is 161 Å². The predicted molar refractivity (Wildman–Crippen MR) is 105 cm³/mol. The van der Waals surface area contributed by atoms with Gasteiger partial charge in [-0.15, -0.1) is 0 Å². The summed E-state index contributed by atoms with van der Waals surface area (Å²) < 4.78 is 15.4. The highest BCUT2D eigenvalue weighted by Crippen LogP contribution is 2.32. The van der Waals surface area contributed by atoms with Gasteiger partial charge < -0.3 is 4.90 Å². The molecule has 1 saturated heterocycles. The summed E-state index contributed by atoms with van der Waals surface area (Å²) in [6.07, 6.45) is 6.44. The Bertz CT molecular complexity index is 1140. The van der Waals surface area contributed by atoms with E-state index in [0.29, 0.717) is 11.7 Å². The van der Waals surface area contributed by atoms with Gasteiger partial charge in [0.15, 0.2) is 0 Å². The van der Waals surface area contributed by atoms with Crippen LogP contribution in [0.3, 0.4) is 0 Å². The van der Waals surface area contributed by atoms with Crippen LogP contribution in [0, 0.1) is 12.7 Å². The minimum Gasteiger partial charge on any atom is -0.356 e. The number of imidazole rings is 1. The molecule has 28 heavy (non-hydrogen) atoms. The normalized spacial score (nSPS) is 16.8. The van der Waals surface area contributed by atoms with Gasteiger partial charge in [0.05, 0.1) is 11.9 Å². The lowest BCUT2D eigenvalue weighted by Crippen LogP contribution is -2.21. The largest absolute Gasteiger partial charge is 0.356 e. The van der Waals surface area contributed by atoms with Gasteiger partial charge in [0.2, 0.25) is 5.78 Å². The highest BCUT2D eigenvalue weighted by Gasteiger charge is 2.27. The zero-order chi connectivity index (χ0) is 19.1. The molecule has 1 aliphatic rings. The highest BCUT2D eigenvalue weighted by molar-refractivity contribution is 5.63. The van der Waals surface area contributed by atoms with Gasteiger partial charge in [-0.2, -0.15) is 0 Å². The maximum absolute atomic E-state index is 13.3. The van der Waals surface area contributed by atoms with E-state index in [1.807, 2.05) is 19.2 Å². The zero-order valence-electron chi connectivity index (χ0n) is 15.5. The third-order valence-corrected chi connectivity index (χ3v) is 5.27. The van der Waals surface area contributed by atoms with E-state index in [4.69, 9.17) is 0 Å². The molecular weight excluding hydrogens is 355 g/mol. The van der Waals surface area contributed by atoms with Gasteiger partial charge in [0, 0.05) is 42.7 Å². The number of aromatic nitrogens is 5. The summed E-state index contributed by atoms with van der Waals surface area (Å²) in [5, 5.41) is 0. The number of nitrogens with zero attached hydrogens (tertiary/aromatic N) is 6. The van der Waals surface area contributed by atoms with Crippen molar-refractivity contribution in [3.8, 4) is 11.3 Å². The smallest absolute Gasteiger partial charge is 0.234 e. The van der Waals surface area contributed by atoms with Crippen LogP contribution in [-0.4, -0.2) is 37.4 Å². The summed E-state index contributed by atoms with van der Waals surface area (Å²) in [4.78, 5) is 19.9. The van der Waals surface area contributed by atoms with Crippen LogP contribution in [-0.2, 0) is 0 Å². The molecule has 0 amide bonds. The van der Waals surface area contributed by atoms with Gasteiger partial charge in [0.1, 0.15) is 17.5 Å². The van der Waals surface area contributed by atoms with Crippen LogP contribution >= 0.6 is 0 Å². The van der Waals surface area contributed by atoms with Crippen LogP contribution in [0.15, 0.2) is 55.0 Å². The van der Waals surface area contributed by atoms with Crippen LogP contribution in [0.5, 0.6) is 0 Å². The number of fused-ring (bicyclic) bond motifs is 1. The fourth-order valence-corrected chi connectivity index (χ4v) is 3.92. The number of hydrogen-bond donors (Lipinski definition) is 0. The van der Waals surface area contributed by atoms with E-state index in [-0.39, 0.29) is 5.82 Å². The lowest BCUT2D eigenvalue weighted by Gasteiger charge is -2.18. The van der Waals surface area contributed by atoms with Crippen molar-refractivity contribution < 1.29 is 4.39 Å². The third kappa shape index (κ3) is 2.89. The van der Waals surface area contributed by atoms with Crippen molar-refractivity contribution >= 4 is 11.6 Å². The molecule has 0 bridgehead atoms. The number of benzene rings is 1. The third-order valence-electron chi connectivity index (χ3n) is 5.27. The SMILES string of the molecule is Cc1nccc(N2CC[C@H](c3ccnc4ncc(-c5ccc(F)cc5)n34)C2)n1. The lowest BCUT2D eigenvalue weighted by molar-refractivity contribution is 0.628. The summed E-state index contributed by atoms with van der Waals surface area (Å²) in [7, 11) is 0. The monoisotopic (exact) mass is 374 g/mol. The Morgan fingerprint density at radius 3 is 2.64 bits per heavy atom. The van der Waals surface area contributed by atoms with Crippen molar-refractivity contribution in [1.29, 1.82) is 0 Å². The van der Waals surface area contributed by atoms with E-state index < -0.39 is 0 Å². The van der Waals surface area contributed by atoms with Crippen molar-refractivity contribution in [2.45, 2.75) is 19.3 Å². The zero-order valence-corrected chi connectivity index (χ0v) is 15.5. The van der Waals surface area contributed by atoms with Gasteiger partial charge >= 0.3 is 0 Å². The Morgan fingerprint density at radius 1 is 1.00 bits per heavy atom. The average Bonchev–Trinajstić information content (AvgIpc) is 3.36. The maximum Gasteiger partial charge on any atom is 0.234 e. The maximum atomic E-state index is 13.3. The second kappa shape index (κ2) is 6.67. The fraction of sp³-hybridized carbons (Fsp3) is 0.238. The standard InChI is InChI=1S/C21H19FN6/c1-14-23-10-7-20(26-14)27-11-8-16(13-27)18-6-9-24-21-25-12-19(28(18)21)15-2-4-17(22)5-3-15/h2-7,9-10,12,16H,8,11,13H2,1H3/t16-/m0/s1. The number of aryl methyl sites for hydroxylation is 1. The minimum atomic E-state index is -0.248. The van der Waals surface area contributed by atoms with Crippen LogP contribution in [0.1, 0.15) is 23.9 Å². The summed E-state index contributed by atoms with van der Waals surface area (Å²) in [5.41, 5.74) is 3.01. The van der Waals surface area contributed by atoms with Crippen LogP contribution in [0.4, 0.5) is 10.2 Å². The van der Waals surface area contributed by atoms with E-state index in [1.165, 1.54) is 12.1 Å². The van der Waals surface area contributed by atoms with Crippen molar-refractivity contribution in [1.82, 2.24) is 24.3 Å². The molecule has 0 radical (unpaired) electrons. The van der Waals surface area contributed by atoms with Crippen molar-refractivity contribution in [3.05, 3.63) is 72.3 Å². The first-order valence-electron chi connectivity index (χ1n) is 9.32. The molecule has 4 heterocycles. The number of rotatable bonds is 3. The van der Waals surface area contributed by atoms with Crippen molar-refractivity contribution in [3.63, 3.8) is 0 Å². The predicted octanol–water partition coefficient (Wildman–Crippen LogP) is 3.63. The molecule has 1 atom stereocenters.